The van der Waals surface area contributed by atoms with E-state index in [1.165, 1.54) is 0 Å². The highest BCUT2D eigenvalue weighted by Crippen LogP contribution is 2.23. The molecule has 3 nitrogen and oxygen atoms in total. The van der Waals surface area contributed by atoms with Crippen LogP contribution in [0.3, 0.4) is 0 Å². The predicted octanol–water partition coefficient (Wildman–Crippen LogP) is 3.68. The number of benzene rings is 2. The average Bonchev–Trinajstić information content (AvgIpc) is 3.02. The van der Waals surface area contributed by atoms with Gasteiger partial charge in [-0.25, -0.2) is 8.78 Å². The van der Waals surface area contributed by atoms with E-state index in [1.807, 2.05) is 11.0 Å². The largest absolute Gasteiger partial charge is 0.288 e. The molecule has 0 N–H and O–H groups in total. The SMILES string of the molecule is N#C[C@@H]1CCCN1Cc1ccccc1C(=O)c1ccc(F)cc1F. The van der Waals surface area contributed by atoms with E-state index in [1.54, 1.807) is 18.2 Å². The number of likely N-dealkylation sites (tertiary alicyclic amines) is 1. The van der Waals surface area contributed by atoms with Crippen LogP contribution in [-0.4, -0.2) is 23.3 Å². The number of nitriles is 1. The molecule has 3 rings (SSSR count). The van der Waals surface area contributed by atoms with E-state index in [4.69, 9.17) is 0 Å². The minimum absolute atomic E-state index is 0.151. The van der Waals surface area contributed by atoms with E-state index in [-0.39, 0.29) is 11.6 Å². The minimum Gasteiger partial charge on any atom is -0.288 e. The molecular weight excluding hydrogens is 310 g/mol. The number of halogens is 2. The Morgan fingerprint density at radius 2 is 2.00 bits per heavy atom. The molecule has 0 aromatic heterocycles. The van der Waals surface area contributed by atoms with Gasteiger partial charge in [-0.1, -0.05) is 24.3 Å². The number of rotatable bonds is 4. The lowest BCUT2D eigenvalue weighted by Crippen LogP contribution is -2.28. The van der Waals surface area contributed by atoms with Crippen LogP contribution in [0, 0.1) is 23.0 Å². The summed E-state index contributed by atoms with van der Waals surface area (Å²) in [6.07, 6.45) is 1.76. The molecule has 122 valence electrons. The first-order valence-electron chi connectivity index (χ1n) is 7.81. The van der Waals surface area contributed by atoms with Crippen molar-refractivity contribution in [3.63, 3.8) is 0 Å². The van der Waals surface area contributed by atoms with Gasteiger partial charge in [-0.2, -0.15) is 5.26 Å². The van der Waals surface area contributed by atoms with Crippen molar-refractivity contribution in [2.24, 2.45) is 0 Å². The molecule has 0 saturated carbocycles. The second-order valence-electron chi connectivity index (χ2n) is 5.87. The van der Waals surface area contributed by atoms with Crippen LogP contribution >= 0.6 is 0 Å². The zero-order valence-corrected chi connectivity index (χ0v) is 13.0. The van der Waals surface area contributed by atoms with Crippen LogP contribution in [-0.2, 0) is 6.54 Å². The number of hydrogen-bond donors (Lipinski definition) is 0. The number of carbonyl (C=O) groups is 1. The highest BCUT2D eigenvalue weighted by molar-refractivity contribution is 6.10. The highest BCUT2D eigenvalue weighted by Gasteiger charge is 2.26. The van der Waals surface area contributed by atoms with E-state index in [0.29, 0.717) is 18.2 Å². The Kier molecular flexibility index (Phi) is 4.68. The molecule has 5 heteroatoms. The molecule has 0 aliphatic carbocycles. The van der Waals surface area contributed by atoms with Gasteiger partial charge in [-0.15, -0.1) is 0 Å². The molecule has 0 amide bonds. The summed E-state index contributed by atoms with van der Waals surface area (Å²) in [5, 5.41) is 9.19. The molecular formula is C19H16F2N2O. The van der Waals surface area contributed by atoms with Crippen LogP contribution in [0.4, 0.5) is 8.78 Å². The van der Waals surface area contributed by atoms with E-state index >= 15 is 0 Å². The molecule has 1 saturated heterocycles. The van der Waals surface area contributed by atoms with E-state index in [2.05, 4.69) is 6.07 Å². The van der Waals surface area contributed by atoms with Crippen LogP contribution in [0.15, 0.2) is 42.5 Å². The van der Waals surface area contributed by atoms with Crippen LogP contribution in [0.1, 0.15) is 34.3 Å². The lowest BCUT2D eigenvalue weighted by atomic mass is 9.97. The monoisotopic (exact) mass is 326 g/mol. The van der Waals surface area contributed by atoms with Crippen molar-refractivity contribution in [3.05, 3.63) is 70.8 Å². The number of ketones is 1. The molecule has 2 aromatic rings. The smallest absolute Gasteiger partial charge is 0.196 e. The molecule has 2 aromatic carbocycles. The lowest BCUT2D eigenvalue weighted by Gasteiger charge is -2.20. The quantitative estimate of drug-likeness (QED) is 0.805. The number of hydrogen-bond acceptors (Lipinski definition) is 3. The van der Waals surface area contributed by atoms with Gasteiger partial charge in [-0.05, 0) is 37.1 Å². The van der Waals surface area contributed by atoms with Crippen molar-refractivity contribution >= 4 is 5.78 Å². The van der Waals surface area contributed by atoms with Gasteiger partial charge in [0.25, 0.3) is 0 Å². The average molecular weight is 326 g/mol. The molecule has 0 unspecified atom stereocenters. The molecule has 24 heavy (non-hydrogen) atoms. The Morgan fingerprint density at radius 3 is 2.75 bits per heavy atom. The van der Waals surface area contributed by atoms with Gasteiger partial charge in [-0.3, -0.25) is 9.69 Å². The maximum atomic E-state index is 13.9. The Balaban J connectivity index is 1.91. The van der Waals surface area contributed by atoms with Crippen molar-refractivity contribution in [3.8, 4) is 6.07 Å². The lowest BCUT2D eigenvalue weighted by molar-refractivity contribution is 0.103. The van der Waals surface area contributed by atoms with Crippen LogP contribution in [0.25, 0.3) is 0 Å². The van der Waals surface area contributed by atoms with Gasteiger partial charge < -0.3 is 0 Å². The molecule has 0 spiro atoms. The summed E-state index contributed by atoms with van der Waals surface area (Å²) < 4.78 is 27.0. The standard InChI is InChI=1S/C19H16F2N2O/c20-14-7-8-17(18(21)10-14)19(24)16-6-2-1-4-13(16)12-23-9-3-5-15(23)11-22/h1-2,4,6-8,10,15H,3,5,9,12H2/t15-/m0/s1. The Hall–Kier alpha value is -2.58. The van der Waals surface area contributed by atoms with Crippen molar-refractivity contribution in [2.75, 3.05) is 6.54 Å². The molecule has 1 aliphatic rings. The Bertz CT molecular complexity index is 813. The Labute approximate surface area is 139 Å². The van der Waals surface area contributed by atoms with Gasteiger partial charge in [0.2, 0.25) is 0 Å². The van der Waals surface area contributed by atoms with Crippen molar-refractivity contribution < 1.29 is 13.6 Å². The number of nitrogens with zero attached hydrogens (tertiary/aromatic N) is 2. The highest BCUT2D eigenvalue weighted by atomic mass is 19.1. The first-order chi connectivity index (χ1) is 11.6. The topological polar surface area (TPSA) is 44.1 Å². The molecule has 0 radical (unpaired) electrons. The molecule has 1 heterocycles. The first-order valence-corrected chi connectivity index (χ1v) is 7.81. The van der Waals surface area contributed by atoms with Crippen molar-refractivity contribution in [2.45, 2.75) is 25.4 Å². The maximum absolute atomic E-state index is 13.9. The van der Waals surface area contributed by atoms with Crippen molar-refractivity contribution in [1.82, 2.24) is 4.90 Å². The van der Waals surface area contributed by atoms with E-state index in [9.17, 15) is 18.8 Å². The first kappa shape index (κ1) is 16.3. The summed E-state index contributed by atoms with van der Waals surface area (Å²) in [5.74, 6) is -2.06. The zero-order valence-electron chi connectivity index (χ0n) is 13.0. The summed E-state index contributed by atoms with van der Waals surface area (Å²) in [4.78, 5) is 14.7. The molecule has 1 atom stereocenters. The third-order valence-corrected chi connectivity index (χ3v) is 4.32. The number of carbonyl (C=O) groups excluding carboxylic acids is 1. The maximum Gasteiger partial charge on any atom is 0.196 e. The third kappa shape index (κ3) is 3.19. The summed E-state index contributed by atoms with van der Waals surface area (Å²) >= 11 is 0. The second-order valence-corrected chi connectivity index (χ2v) is 5.87. The van der Waals surface area contributed by atoms with Crippen LogP contribution < -0.4 is 0 Å². The predicted molar refractivity (Wildman–Crippen MR) is 85.3 cm³/mol. The van der Waals surface area contributed by atoms with Crippen LogP contribution in [0.5, 0.6) is 0 Å². The molecule has 1 fully saturated rings. The van der Waals surface area contributed by atoms with Gasteiger partial charge in [0.15, 0.2) is 5.78 Å². The van der Waals surface area contributed by atoms with Crippen molar-refractivity contribution in [1.29, 1.82) is 5.26 Å². The normalized spacial score (nSPS) is 17.6. The second kappa shape index (κ2) is 6.90. The Morgan fingerprint density at radius 1 is 1.21 bits per heavy atom. The van der Waals surface area contributed by atoms with E-state index in [0.717, 1.165) is 37.1 Å². The summed E-state index contributed by atoms with van der Waals surface area (Å²) in [5.41, 5.74) is 0.974. The van der Waals surface area contributed by atoms with Gasteiger partial charge in [0, 0.05) is 18.2 Å². The van der Waals surface area contributed by atoms with Gasteiger partial charge in [0.1, 0.15) is 11.6 Å². The fourth-order valence-corrected chi connectivity index (χ4v) is 3.08. The molecule has 1 aliphatic heterocycles. The zero-order chi connectivity index (χ0) is 17.1. The van der Waals surface area contributed by atoms with Gasteiger partial charge >= 0.3 is 0 Å². The van der Waals surface area contributed by atoms with E-state index < -0.39 is 17.4 Å². The third-order valence-electron chi connectivity index (χ3n) is 4.32. The van der Waals surface area contributed by atoms with Crippen LogP contribution in [0.2, 0.25) is 0 Å². The minimum atomic E-state index is -0.870. The molecule has 0 bridgehead atoms. The fraction of sp³-hybridized carbons (Fsp3) is 0.263. The van der Waals surface area contributed by atoms with Gasteiger partial charge in [0.05, 0.1) is 17.7 Å². The summed E-state index contributed by atoms with van der Waals surface area (Å²) in [6, 6.07) is 12.0. The fourth-order valence-electron chi connectivity index (χ4n) is 3.08. The summed E-state index contributed by atoms with van der Waals surface area (Å²) in [7, 11) is 0. The summed E-state index contributed by atoms with van der Waals surface area (Å²) in [6.45, 7) is 1.26.